The van der Waals surface area contributed by atoms with E-state index in [-0.39, 0.29) is 10.7 Å². The molecule has 10 heteroatoms. The average Bonchev–Trinajstić information content (AvgIpc) is 3.03. The Labute approximate surface area is 177 Å². The second-order valence-electron chi connectivity index (χ2n) is 6.72. The summed E-state index contributed by atoms with van der Waals surface area (Å²) in [6.45, 7) is 4.07. The maximum Gasteiger partial charge on any atom is 0.433 e. The average molecular weight is 485 g/mol. The van der Waals surface area contributed by atoms with Crippen molar-refractivity contribution in [3.63, 3.8) is 0 Å². The topological polar surface area (TPSA) is 49.3 Å². The molecule has 0 aliphatic carbocycles. The van der Waals surface area contributed by atoms with Gasteiger partial charge in [0, 0.05) is 42.2 Å². The highest BCUT2D eigenvalue weighted by atomic mass is 79.9. The highest BCUT2D eigenvalue weighted by Gasteiger charge is 2.33. The molecule has 0 radical (unpaired) electrons. The molecule has 0 saturated carbocycles. The Balaban J connectivity index is 1.52. The Hall–Kier alpha value is -2.20. The molecule has 1 aliphatic rings. The number of carbonyl (C=O) groups is 1. The molecule has 4 rings (SSSR count). The van der Waals surface area contributed by atoms with Gasteiger partial charge in [-0.3, -0.25) is 4.79 Å². The zero-order chi connectivity index (χ0) is 20.8. The number of carbonyl (C=O) groups excluding carboxylic acids is 1. The maximum absolute atomic E-state index is 13.0. The van der Waals surface area contributed by atoms with Crippen molar-refractivity contribution in [3.8, 4) is 0 Å². The highest BCUT2D eigenvalue weighted by molar-refractivity contribution is 9.10. The van der Waals surface area contributed by atoms with Crippen LogP contribution in [0.3, 0.4) is 0 Å². The van der Waals surface area contributed by atoms with Crippen LogP contribution >= 0.6 is 27.3 Å². The van der Waals surface area contributed by atoms with Crippen LogP contribution in [0.1, 0.15) is 20.9 Å². The Bertz CT molecular complexity index is 1060. The van der Waals surface area contributed by atoms with E-state index in [0.717, 1.165) is 27.7 Å². The molecule has 5 nitrogen and oxygen atoms in total. The number of hydrogen-bond acceptors (Lipinski definition) is 5. The molecule has 0 unspecified atom stereocenters. The third kappa shape index (κ3) is 3.95. The molecule has 1 aliphatic heterocycles. The van der Waals surface area contributed by atoms with E-state index in [1.165, 1.54) is 6.07 Å². The Morgan fingerprint density at radius 1 is 1.14 bits per heavy atom. The summed E-state index contributed by atoms with van der Waals surface area (Å²) >= 11 is 4.38. The van der Waals surface area contributed by atoms with Crippen molar-refractivity contribution in [1.29, 1.82) is 0 Å². The number of aryl methyl sites for hydroxylation is 1. The zero-order valence-electron chi connectivity index (χ0n) is 15.3. The summed E-state index contributed by atoms with van der Waals surface area (Å²) in [6.07, 6.45) is -2.77. The number of rotatable bonds is 2. The van der Waals surface area contributed by atoms with E-state index >= 15 is 0 Å². The second-order valence-corrected chi connectivity index (χ2v) is 8.63. The van der Waals surface area contributed by atoms with Gasteiger partial charge in [0.15, 0.2) is 0 Å². The third-order valence-corrected chi connectivity index (χ3v) is 6.55. The number of fused-ring (bicyclic) bond motifs is 1. The van der Waals surface area contributed by atoms with E-state index in [0.29, 0.717) is 42.0 Å². The molecule has 1 amide bonds. The fourth-order valence-corrected chi connectivity index (χ4v) is 4.68. The molecule has 4 heterocycles. The summed E-state index contributed by atoms with van der Waals surface area (Å²) < 4.78 is 39.7. The zero-order valence-corrected chi connectivity index (χ0v) is 17.7. The van der Waals surface area contributed by atoms with E-state index in [9.17, 15) is 18.0 Å². The van der Waals surface area contributed by atoms with Gasteiger partial charge in [0.25, 0.3) is 5.91 Å². The predicted octanol–water partition coefficient (Wildman–Crippen LogP) is 4.74. The molecule has 1 saturated heterocycles. The summed E-state index contributed by atoms with van der Waals surface area (Å²) in [5.41, 5.74) is -0.269. The van der Waals surface area contributed by atoms with Gasteiger partial charge in [-0.05, 0) is 52.7 Å². The van der Waals surface area contributed by atoms with Gasteiger partial charge in [0.2, 0.25) is 0 Å². The van der Waals surface area contributed by atoms with Gasteiger partial charge in [-0.2, -0.15) is 13.2 Å². The molecule has 0 atom stereocenters. The summed E-state index contributed by atoms with van der Waals surface area (Å²) in [6, 6.07) is 6.19. The first-order valence-corrected chi connectivity index (χ1v) is 10.5. The summed E-state index contributed by atoms with van der Waals surface area (Å²) in [7, 11) is 0. The lowest BCUT2D eigenvalue weighted by atomic mass is 10.1. The number of pyridine rings is 2. The first-order valence-electron chi connectivity index (χ1n) is 8.87. The number of aromatic nitrogens is 2. The highest BCUT2D eigenvalue weighted by Crippen LogP contribution is 2.35. The van der Waals surface area contributed by atoms with Crippen molar-refractivity contribution < 1.29 is 18.0 Å². The van der Waals surface area contributed by atoms with E-state index in [2.05, 4.69) is 30.8 Å². The SMILES string of the molecule is Cc1c(C(=O)N2CCN(c3ccc(Br)cn3)CC2)sc2nc(C(F)(F)F)ccc12. The number of thiophene rings is 1. The second kappa shape index (κ2) is 7.56. The van der Waals surface area contributed by atoms with Crippen LogP contribution in [0, 0.1) is 6.92 Å². The van der Waals surface area contributed by atoms with Crippen molar-refractivity contribution in [2.75, 3.05) is 31.1 Å². The number of amides is 1. The van der Waals surface area contributed by atoms with Gasteiger partial charge in [-0.1, -0.05) is 0 Å². The van der Waals surface area contributed by atoms with Gasteiger partial charge < -0.3 is 9.80 Å². The van der Waals surface area contributed by atoms with Gasteiger partial charge >= 0.3 is 6.18 Å². The van der Waals surface area contributed by atoms with E-state index < -0.39 is 11.9 Å². The van der Waals surface area contributed by atoms with E-state index in [1.54, 1.807) is 18.0 Å². The van der Waals surface area contributed by atoms with E-state index in [4.69, 9.17) is 0 Å². The van der Waals surface area contributed by atoms with Gasteiger partial charge in [0.05, 0.1) is 4.88 Å². The molecule has 0 aromatic carbocycles. The van der Waals surface area contributed by atoms with Crippen LogP contribution in [0.4, 0.5) is 19.0 Å². The van der Waals surface area contributed by atoms with E-state index in [1.807, 2.05) is 12.1 Å². The molecule has 1 fully saturated rings. The fourth-order valence-electron chi connectivity index (χ4n) is 3.30. The summed E-state index contributed by atoms with van der Waals surface area (Å²) in [5.74, 6) is 0.685. The molecular weight excluding hydrogens is 469 g/mol. The fraction of sp³-hybridized carbons (Fsp3) is 0.316. The third-order valence-electron chi connectivity index (χ3n) is 4.89. The van der Waals surface area contributed by atoms with Crippen molar-refractivity contribution >= 4 is 49.2 Å². The smallest absolute Gasteiger partial charge is 0.353 e. The molecular formula is C19H16BrF3N4OS. The van der Waals surface area contributed by atoms with Gasteiger partial charge in [-0.25, -0.2) is 9.97 Å². The number of nitrogens with zero attached hydrogens (tertiary/aromatic N) is 4. The lowest BCUT2D eigenvalue weighted by molar-refractivity contribution is -0.140. The number of anilines is 1. The molecule has 0 spiro atoms. The molecule has 152 valence electrons. The van der Waals surface area contributed by atoms with Crippen LogP contribution in [0.25, 0.3) is 10.2 Å². The Morgan fingerprint density at radius 2 is 1.86 bits per heavy atom. The minimum atomic E-state index is -4.51. The van der Waals surface area contributed by atoms with Crippen LogP contribution in [0.15, 0.2) is 34.9 Å². The van der Waals surface area contributed by atoms with Crippen LogP contribution in [-0.4, -0.2) is 47.0 Å². The minimum Gasteiger partial charge on any atom is -0.353 e. The lowest BCUT2D eigenvalue weighted by Gasteiger charge is -2.35. The minimum absolute atomic E-state index is 0.164. The maximum atomic E-state index is 13.0. The van der Waals surface area contributed by atoms with Crippen LogP contribution < -0.4 is 4.90 Å². The molecule has 0 bridgehead atoms. The summed E-state index contributed by atoms with van der Waals surface area (Å²) in [4.78, 5) is 25.6. The molecule has 3 aromatic rings. The largest absolute Gasteiger partial charge is 0.433 e. The van der Waals surface area contributed by atoms with Crippen molar-refractivity contribution in [1.82, 2.24) is 14.9 Å². The quantitative estimate of drug-likeness (QED) is 0.526. The first-order chi connectivity index (χ1) is 13.7. The Kier molecular flexibility index (Phi) is 5.24. The Morgan fingerprint density at radius 3 is 2.48 bits per heavy atom. The number of alkyl halides is 3. The molecule has 29 heavy (non-hydrogen) atoms. The van der Waals surface area contributed by atoms with Gasteiger partial charge in [-0.15, -0.1) is 11.3 Å². The van der Waals surface area contributed by atoms with Crippen molar-refractivity contribution in [2.24, 2.45) is 0 Å². The van der Waals surface area contributed by atoms with Crippen molar-refractivity contribution in [3.05, 3.63) is 51.1 Å². The number of halogens is 4. The summed E-state index contributed by atoms with van der Waals surface area (Å²) in [5, 5.41) is 0.587. The number of piperazine rings is 1. The predicted molar refractivity (Wildman–Crippen MR) is 109 cm³/mol. The van der Waals surface area contributed by atoms with Crippen LogP contribution in [0.2, 0.25) is 0 Å². The van der Waals surface area contributed by atoms with Gasteiger partial charge in [0.1, 0.15) is 16.3 Å². The first kappa shape index (κ1) is 20.1. The van der Waals surface area contributed by atoms with Crippen LogP contribution in [-0.2, 0) is 6.18 Å². The monoisotopic (exact) mass is 484 g/mol. The van der Waals surface area contributed by atoms with Crippen molar-refractivity contribution in [2.45, 2.75) is 13.1 Å². The lowest BCUT2D eigenvalue weighted by Crippen LogP contribution is -2.49. The van der Waals surface area contributed by atoms with Crippen LogP contribution in [0.5, 0.6) is 0 Å². The molecule has 0 N–H and O–H groups in total. The number of hydrogen-bond donors (Lipinski definition) is 0. The normalized spacial score (nSPS) is 15.2. The standard InChI is InChI=1S/C19H16BrF3N4OS/c1-11-13-3-4-14(19(21,22)23)25-17(13)29-16(11)18(28)27-8-6-26(7-9-27)15-5-2-12(20)10-24-15/h2-5,10H,6-9H2,1H3. The molecule has 3 aromatic heterocycles.